The molecule has 0 atom stereocenters. The number of anilines is 2. The molecule has 0 radical (unpaired) electrons. The minimum absolute atomic E-state index is 0.0314. The lowest BCUT2D eigenvalue weighted by atomic mass is 10.2. The van der Waals surface area contributed by atoms with Crippen LogP contribution in [0.1, 0.15) is 24.2 Å². The van der Waals surface area contributed by atoms with Crippen LogP contribution in [0.15, 0.2) is 60.9 Å². The summed E-state index contributed by atoms with van der Waals surface area (Å²) in [7, 11) is 0. The first-order chi connectivity index (χ1) is 14.4. The molecule has 0 unspecified atom stereocenters. The number of nitro groups is 1. The van der Waals surface area contributed by atoms with Gasteiger partial charge in [-0.1, -0.05) is 32.0 Å². The zero-order valence-corrected chi connectivity index (χ0v) is 16.4. The highest BCUT2D eigenvalue weighted by atomic mass is 16.6. The van der Waals surface area contributed by atoms with Crippen molar-refractivity contribution in [2.45, 2.75) is 13.8 Å². The fourth-order valence-corrected chi connectivity index (χ4v) is 2.45. The Hall–Kier alpha value is -4.01. The number of carbonyl (C=O) groups is 1. The molecular weight excluding hydrogens is 388 g/mol. The van der Waals surface area contributed by atoms with Crippen LogP contribution < -0.4 is 10.1 Å². The highest BCUT2D eigenvalue weighted by molar-refractivity contribution is 5.90. The van der Waals surface area contributed by atoms with Crippen LogP contribution in [-0.4, -0.2) is 27.5 Å². The third-order valence-electron chi connectivity index (χ3n) is 3.86. The highest BCUT2D eigenvalue weighted by Crippen LogP contribution is 2.35. The van der Waals surface area contributed by atoms with Crippen LogP contribution in [0.4, 0.5) is 17.2 Å². The number of ether oxygens (including phenoxy) is 2. The van der Waals surface area contributed by atoms with E-state index in [4.69, 9.17) is 9.47 Å². The molecule has 0 bridgehead atoms. The van der Waals surface area contributed by atoms with Gasteiger partial charge in [-0.2, -0.15) is 4.98 Å². The average molecular weight is 408 g/mol. The minimum Gasteiger partial charge on any atom is -0.462 e. The van der Waals surface area contributed by atoms with Crippen molar-refractivity contribution in [3.63, 3.8) is 0 Å². The van der Waals surface area contributed by atoms with E-state index in [0.717, 1.165) is 0 Å². The number of carbonyl (C=O) groups excluding carboxylic acids is 1. The second kappa shape index (κ2) is 9.46. The van der Waals surface area contributed by atoms with Crippen molar-refractivity contribution < 1.29 is 19.2 Å². The Morgan fingerprint density at radius 2 is 1.80 bits per heavy atom. The van der Waals surface area contributed by atoms with Gasteiger partial charge in [0.2, 0.25) is 5.82 Å². The number of nitrogens with zero attached hydrogens (tertiary/aromatic N) is 3. The van der Waals surface area contributed by atoms with Crippen molar-refractivity contribution in [3.8, 4) is 11.6 Å². The van der Waals surface area contributed by atoms with E-state index < -0.39 is 16.6 Å². The molecule has 0 saturated carbocycles. The molecule has 9 heteroatoms. The van der Waals surface area contributed by atoms with Crippen molar-refractivity contribution in [1.29, 1.82) is 0 Å². The first-order valence-electron chi connectivity index (χ1n) is 9.20. The Kier molecular flexibility index (Phi) is 6.53. The van der Waals surface area contributed by atoms with Crippen LogP contribution in [0.25, 0.3) is 0 Å². The largest absolute Gasteiger partial charge is 0.462 e. The monoisotopic (exact) mass is 408 g/mol. The quantitative estimate of drug-likeness (QED) is 0.323. The van der Waals surface area contributed by atoms with Gasteiger partial charge >= 0.3 is 17.5 Å². The van der Waals surface area contributed by atoms with Crippen LogP contribution in [0.3, 0.4) is 0 Å². The van der Waals surface area contributed by atoms with Gasteiger partial charge in [0.25, 0.3) is 0 Å². The number of para-hydroxylation sites is 1. The third kappa shape index (κ3) is 5.28. The second-order valence-electron chi connectivity index (χ2n) is 6.74. The van der Waals surface area contributed by atoms with E-state index in [1.54, 1.807) is 54.6 Å². The summed E-state index contributed by atoms with van der Waals surface area (Å²) in [4.78, 5) is 30.9. The fourth-order valence-electron chi connectivity index (χ4n) is 2.45. The van der Waals surface area contributed by atoms with Gasteiger partial charge in [-0.25, -0.2) is 9.78 Å². The van der Waals surface area contributed by atoms with E-state index in [9.17, 15) is 14.9 Å². The minimum atomic E-state index is -0.613. The number of aromatic nitrogens is 2. The Bertz CT molecular complexity index is 1020. The summed E-state index contributed by atoms with van der Waals surface area (Å²) < 4.78 is 10.7. The molecule has 154 valence electrons. The average Bonchev–Trinajstić information content (AvgIpc) is 2.73. The molecule has 3 aromatic rings. The van der Waals surface area contributed by atoms with Crippen LogP contribution in [-0.2, 0) is 4.74 Å². The molecule has 30 heavy (non-hydrogen) atoms. The summed E-state index contributed by atoms with van der Waals surface area (Å²) in [5, 5.41) is 14.5. The number of hydrogen-bond donors (Lipinski definition) is 1. The molecular formula is C21H20N4O5. The van der Waals surface area contributed by atoms with E-state index in [0.29, 0.717) is 23.6 Å². The van der Waals surface area contributed by atoms with Crippen molar-refractivity contribution >= 4 is 23.2 Å². The first kappa shape index (κ1) is 20.7. The molecule has 0 aliphatic heterocycles. The summed E-state index contributed by atoms with van der Waals surface area (Å²) in [5.41, 5.74) is 0.483. The Labute approximate surface area is 172 Å². The highest BCUT2D eigenvalue weighted by Gasteiger charge is 2.25. The number of benzene rings is 2. The molecule has 1 heterocycles. The predicted octanol–water partition coefficient (Wildman–Crippen LogP) is 4.73. The molecule has 1 N–H and O–H groups in total. The molecule has 0 spiro atoms. The lowest BCUT2D eigenvalue weighted by molar-refractivity contribution is -0.385. The molecule has 0 fully saturated rings. The van der Waals surface area contributed by atoms with Gasteiger partial charge in [0, 0.05) is 5.69 Å². The molecule has 1 aromatic heterocycles. The van der Waals surface area contributed by atoms with Crippen LogP contribution in [0.5, 0.6) is 11.6 Å². The second-order valence-corrected chi connectivity index (χ2v) is 6.74. The van der Waals surface area contributed by atoms with Crippen molar-refractivity contribution in [2.75, 3.05) is 11.9 Å². The summed E-state index contributed by atoms with van der Waals surface area (Å²) >= 11 is 0. The maximum Gasteiger partial charge on any atom is 0.373 e. The van der Waals surface area contributed by atoms with Gasteiger partial charge in [-0.05, 0) is 42.3 Å². The molecule has 0 amide bonds. The standard InChI is InChI=1S/C21H20N4O5/c1-14(2)12-29-21(26)15-8-10-16(11-9-15)24-19-18(25(27)28)20(23-13-22-19)30-17-6-4-3-5-7-17/h3-11,13-14H,12H2,1-2H3,(H,22,23,24). The van der Waals surface area contributed by atoms with Crippen LogP contribution in [0, 0.1) is 16.0 Å². The fraction of sp³-hybridized carbons (Fsp3) is 0.190. The third-order valence-corrected chi connectivity index (χ3v) is 3.86. The van der Waals surface area contributed by atoms with Crippen molar-refractivity contribution in [2.24, 2.45) is 5.92 Å². The van der Waals surface area contributed by atoms with Gasteiger partial charge in [-0.15, -0.1) is 0 Å². The summed E-state index contributed by atoms with van der Waals surface area (Å²) in [5.74, 6) is 0.00507. The number of esters is 1. The summed E-state index contributed by atoms with van der Waals surface area (Å²) in [6.45, 7) is 4.23. The van der Waals surface area contributed by atoms with Gasteiger partial charge in [0.1, 0.15) is 12.1 Å². The molecule has 0 saturated heterocycles. The maximum atomic E-state index is 12.0. The Balaban J connectivity index is 1.80. The van der Waals surface area contributed by atoms with E-state index in [1.165, 1.54) is 6.33 Å². The number of rotatable bonds is 8. The molecule has 9 nitrogen and oxygen atoms in total. The zero-order chi connectivity index (χ0) is 21.5. The van der Waals surface area contributed by atoms with Gasteiger partial charge in [0.05, 0.1) is 17.1 Å². The molecule has 3 rings (SSSR count). The summed E-state index contributed by atoms with van der Waals surface area (Å²) in [6.07, 6.45) is 1.17. The van der Waals surface area contributed by atoms with E-state index in [-0.39, 0.29) is 17.6 Å². The van der Waals surface area contributed by atoms with E-state index in [1.807, 2.05) is 13.8 Å². The molecule has 0 aliphatic rings. The number of hydrogen-bond acceptors (Lipinski definition) is 8. The SMILES string of the molecule is CC(C)COC(=O)c1ccc(Nc2ncnc(Oc3ccccc3)c2[N+](=O)[O-])cc1. The number of nitrogens with one attached hydrogen (secondary N) is 1. The lowest BCUT2D eigenvalue weighted by Gasteiger charge is -2.10. The van der Waals surface area contributed by atoms with E-state index >= 15 is 0 Å². The van der Waals surface area contributed by atoms with Gasteiger partial charge in [-0.3, -0.25) is 10.1 Å². The van der Waals surface area contributed by atoms with Gasteiger partial charge < -0.3 is 14.8 Å². The van der Waals surface area contributed by atoms with E-state index in [2.05, 4.69) is 15.3 Å². The van der Waals surface area contributed by atoms with Crippen LogP contribution >= 0.6 is 0 Å². The smallest absolute Gasteiger partial charge is 0.373 e. The molecule has 0 aliphatic carbocycles. The zero-order valence-electron chi connectivity index (χ0n) is 16.4. The molecule has 2 aromatic carbocycles. The van der Waals surface area contributed by atoms with Gasteiger partial charge in [0.15, 0.2) is 0 Å². The first-order valence-corrected chi connectivity index (χ1v) is 9.20. The Morgan fingerprint density at radius 1 is 1.10 bits per heavy atom. The van der Waals surface area contributed by atoms with Crippen LogP contribution in [0.2, 0.25) is 0 Å². The lowest BCUT2D eigenvalue weighted by Crippen LogP contribution is -2.10. The van der Waals surface area contributed by atoms with Crippen molar-refractivity contribution in [1.82, 2.24) is 9.97 Å². The normalized spacial score (nSPS) is 10.5. The predicted molar refractivity (Wildman–Crippen MR) is 110 cm³/mol. The summed E-state index contributed by atoms with van der Waals surface area (Å²) in [6, 6.07) is 15.0. The topological polar surface area (TPSA) is 116 Å². The van der Waals surface area contributed by atoms with Crippen molar-refractivity contribution in [3.05, 3.63) is 76.6 Å². The Morgan fingerprint density at radius 3 is 2.43 bits per heavy atom. The maximum absolute atomic E-state index is 12.0.